The SMILES string of the molecule is C=CC(=O)NCCC[N+](C)(C)CC(C)S(=O)(=O)O. The molecule has 0 saturated heterocycles. The molecule has 6 nitrogen and oxygen atoms in total. The molecule has 0 aliphatic heterocycles. The average Bonchev–Trinajstić information content (AvgIpc) is 2.22. The van der Waals surface area contributed by atoms with E-state index in [2.05, 4.69) is 11.9 Å². The Hall–Kier alpha value is -0.920. The van der Waals surface area contributed by atoms with Crippen LogP contribution in [0.3, 0.4) is 0 Å². The molecule has 18 heavy (non-hydrogen) atoms. The maximum Gasteiger partial charge on any atom is 0.273 e. The van der Waals surface area contributed by atoms with Crippen LogP contribution in [0.4, 0.5) is 0 Å². The van der Waals surface area contributed by atoms with Crippen LogP contribution in [0.2, 0.25) is 0 Å². The van der Waals surface area contributed by atoms with Gasteiger partial charge in [-0.2, -0.15) is 8.42 Å². The summed E-state index contributed by atoms with van der Waals surface area (Å²) >= 11 is 0. The highest BCUT2D eigenvalue weighted by molar-refractivity contribution is 7.86. The Balaban J connectivity index is 4.08. The smallest absolute Gasteiger partial charge is 0.273 e. The van der Waals surface area contributed by atoms with Gasteiger partial charge in [0.2, 0.25) is 5.91 Å². The molecule has 1 amide bonds. The summed E-state index contributed by atoms with van der Waals surface area (Å²) in [6, 6.07) is 0. The number of nitrogens with one attached hydrogen (secondary N) is 1. The molecule has 0 fully saturated rings. The highest BCUT2D eigenvalue weighted by Gasteiger charge is 2.26. The number of carbonyl (C=O) groups is 1. The quantitative estimate of drug-likeness (QED) is 0.284. The van der Waals surface area contributed by atoms with Gasteiger partial charge in [0.1, 0.15) is 5.25 Å². The van der Waals surface area contributed by atoms with Gasteiger partial charge < -0.3 is 9.80 Å². The molecule has 7 heteroatoms. The van der Waals surface area contributed by atoms with Gasteiger partial charge in [0.05, 0.1) is 27.2 Å². The van der Waals surface area contributed by atoms with Gasteiger partial charge in [-0.25, -0.2) is 0 Å². The van der Waals surface area contributed by atoms with Gasteiger partial charge in [-0.15, -0.1) is 0 Å². The summed E-state index contributed by atoms with van der Waals surface area (Å²) in [5, 5.41) is 1.86. The lowest BCUT2D eigenvalue weighted by Crippen LogP contribution is -2.47. The second-order valence-electron chi connectivity index (χ2n) is 5.02. The molecule has 0 spiro atoms. The van der Waals surface area contributed by atoms with Crippen molar-refractivity contribution in [3.05, 3.63) is 12.7 Å². The van der Waals surface area contributed by atoms with Gasteiger partial charge in [0.15, 0.2) is 0 Å². The second-order valence-corrected chi connectivity index (χ2v) is 6.85. The van der Waals surface area contributed by atoms with Crippen molar-refractivity contribution in [1.82, 2.24) is 5.32 Å². The third kappa shape index (κ3) is 7.41. The zero-order chi connectivity index (χ0) is 14.4. The number of quaternary nitrogens is 1. The lowest BCUT2D eigenvalue weighted by atomic mass is 10.3. The third-order valence-electron chi connectivity index (χ3n) is 2.68. The van der Waals surface area contributed by atoms with Gasteiger partial charge in [-0.1, -0.05) is 6.58 Å². The van der Waals surface area contributed by atoms with Crippen molar-refractivity contribution in [2.24, 2.45) is 0 Å². The van der Waals surface area contributed by atoms with Crippen LogP contribution < -0.4 is 5.32 Å². The summed E-state index contributed by atoms with van der Waals surface area (Å²) in [4.78, 5) is 10.9. The Labute approximate surface area is 109 Å². The fourth-order valence-electron chi connectivity index (χ4n) is 1.67. The molecule has 0 saturated carbocycles. The Morgan fingerprint density at radius 3 is 2.50 bits per heavy atom. The fraction of sp³-hybridized carbons (Fsp3) is 0.727. The monoisotopic (exact) mass is 279 g/mol. The summed E-state index contributed by atoms with van der Waals surface area (Å²) in [7, 11) is -0.211. The third-order valence-corrected chi connectivity index (χ3v) is 3.85. The van der Waals surface area contributed by atoms with Gasteiger partial charge in [-0.05, 0) is 13.0 Å². The molecule has 0 aromatic heterocycles. The molecule has 0 bridgehead atoms. The van der Waals surface area contributed by atoms with Gasteiger partial charge >= 0.3 is 0 Å². The lowest BCUT2D eigenvalue weighted by Gasteiger charge is -2.31. The predicted octanol–water partition coefficient (Wildman–Crippen LogP) is 0.0314. The van der Waals surface area contributed by atoms with Gasteiger partial charge in [0.25, 0.3) is 10.1 Å². The van der Waals surface area contributed by atoms with Crippen LogP contribution in [0.15, 0.2) is 12.7 Å². The molecule has 0 rings (SSSR count). The molecule has 0 aromatic carbocycles. The molecule has 0 aromatic rings. The number of amides is 1. The number of hydrogen-bond donors (Lipinski definition) is 2. The first-order valence-corrected chi connectivity index (χ1v) is 7.27. The van der Waals surface area contributed by atoms with Crippen LogP contribution in [-0.2, 0) is 14.9 Å². The van der Waals surface area contributed by atoms with Crippen molar-refractivity contribution in [2.45, 2.75) is 18.6 Å². The van der Waals surface area contributed by atoms with Gasteiger partial charge in [-0.3, -0.25) is 9.35 Å². The molecule has 2 N–H and O–H groups in total. The number of hydrogen-bond acceptors (Lipinski definition) is 3. The normalized spacial score (nSPS) is 14.0. The average molecular weight is 279 g/mol. The molecule has 1 atom stereocenters. The first-order valence-electron chi connectivity index (χ1n) is 5.77. The van der Waals surface area contributed by atoms with E-state index >= 15 is 0 Å². The predicted molar refractivity (Wildman–Crippen MR) is 70.7 cm³/mol. The summed E-state index contributed by atoms with van der Waals surface area (Å²) in [5.41, 5.74) is 0. The van der Waals surface area contributed by atoms with E-state index in [1.807, 2.05) is 14.1 Å². The van der Waals surface area contributed by atoms with Crippen molar-refractivity contribution in [1.29, 1.82) is 0 Å². The van der Waals surface area contributed by atoms with Crippen LogP contribution in [0.1, 0.15) is 13.3 Å². The van der Waals surface area contributed by atoms with Crippen molar-refractivity contribution >= 4 is 16.0 Å². The van der Waals surface area contributed by atoms with E-state index in [1.54, 1.807) is 0 Å². The molecular weight excluding hydrogens is 256 g/mol. The first kappa shape index (κ1) is 17.1. The van der Waals surface area contributed by atoms with E-state index in [4.69, 9.17) is 4.55 Å². The Bertz CT molecular complexity index is 390. The van der Waals surface area contributed by atoms with E-state index in [9.17, 15) is 13.2 Å². The lowest BCUT2D eigenvalue weighted by molar-refractivity contribution is -0.889. The number of nitrogens with zero attached hydrogens (tertiary/aromatic N) is 1. The summed E-state index contributed by atoms with van der Waals surface area (Å²) < 4.78 is 31.3. The Morgan fingerprint density at radius 1 is 1.50 bits per heavy atom. The largest absolute Gasteiger partial charge is 0.352 e. The van der Waals surface area contributed by atoms with Crippen molar-refractivity contribution in [2.75, 3.05) is 33.7 Å². The minimum absolute atomic E-state index is 0.216. The standard InChI is InChI=1S/C11H22N2O4S/c1-5-11(14)12-7-6-8-13(3,4)9-10(2)18(15,16)17/h5,10H,1,6-9H2,2-4H3,(H-,12,14,15,16,17)/p+1. The maximum absolute atomic E-state index is 10.9. The minimum Gasteiger partial charge on any atom is -0.352 e. The zero-order valence-electron chi connectivity index (χ0n) is 11.2. The van der Waals surface area contributed by atoms with Crippen molar-refractivity contribution < 1.29 is 22.2 Å². The van der Waals surface area contributed by atoms with Crippen LogP contribution in [0, 0.1) is 0 Å². The molecule has 0 radical (unpaired) electrons. The molecular formula is C11H23N2O4S+. The molecule has 0 aliphatic rings. The number of carbonyl (C=O) groups excluding carboxylic acids is 1. The first-order chi connectivity index (χ1) is 8.08. The van der Waals surface area contributed by atoms with E-state index in [0.717, 1.165) is 6.42 Å². The topological polar surface area (TPSA) is 83.5 Å². The molecule has 0 aliphatic carbocycles. The van der Waals surface area contributed by atoms with Crippen molar-refractivity contribution in [3.63, 3.8) is 0 Å². The van der Waals surface area contributed by atoms with Gasteiger partial charge in [0, 0.05) is 13.0 Å². The highest BCUT2D eigenvalue weighted by atomic mass is 32.2. The van der Waals surface area contributed by atoms with Crippen LogP contribution in [-0.4, -0.2) is 62.3 Å². The second kappa shape index (κ2) is 6.86. The fourth-order valence-corrected chi connectivity index (χ4v) is 2.26. The molecule has 106 valence electrons. The highest BCUT2D eigenvalue weighted by Crippen LogP contribution is 2.07. The van der Waals surface area contributed by atoms with E-state index in [1.165, 1.54) is 13.0 Å². The molecule has 0 heterocycles. The maximum atomic E-state index is 10.9. The van der Waals surface area contributed by atoms with Crippen LogP contribution in [0.25, 0.3) is 0 Å². The van der Waals surface area contributed by atoms with Crippen LogP contribution >= 0.6 is 0 Å². The Kier molecular flexibility index (Phi) is 6.51. The zero-order valence-corrected chi connectivity index (χ0v) is 12.0. The minimum atomic E-state index is -3.98. The number of rotatable bonds is 8. The van der Waals surface area contributed by atoms with E-state index in [0.29, 0.717) is 24.1 Å². The molecule has 1 unspecified atom stereocenters. The summed E-state index contributed by atoms with van der Waals surface area (Å²) in [6.07, 6.45) is 1.94. The van der Waals surface area contributed by atoms with Crippen molar-refractivity contribution in [3.8, 4) is 0 Å². The summed E-state index contributed by atoms with van der Waals surface area (Å²) in [5.74, 6) is -0.216. The summed E-state index contributed by atoms with van der Waals surface area (Å²) in [6.45, 7) is 6.38. The van der Waals surface area contributed by atoms with Crippen LogP contribution in [0.5, 0.6) is 0 Å². The Morgan fingerprint density at radius 2 is 2.06 bits per heavy atom. The van der Waals surface area contributed by atoms with E-state index < -0.39 is 15.4 Å². The van der Waals surface area contributed by atoms with E-state index in [-0.39, 0.29) is 5.91 Å².